The summed E-state index contributed by atoms with van der Waals surface area (Å²) in [4.78, 5) is 11.1. The molecule has 0 aromatic carbocycles. The second-order valence-corrected chi connectivity index (χ2v) is 7.27. The highest BCUT2D eigenvalue weighted by atomic mass is 32.1. The Morgan fingerprint density at radius 2 is 2.36 bits per heavy atom. The van der Waals surface area contributed by atoms with E-state index in [0.717, 1.165) is 23.9 Å². The number of hydrogen-bond acceptors (Lipinski definition) is 7. The molecule has 1 aliphatic heterocycles. The Bertz CT molecular complexity index is 881. The summed E-state index contributed by atoms with van der Waals surface area (Å²) in [5, 5.41) is 4.36. The summed E-state index contributed by atoms with van der Waals surface area (Å²) >= 11 is 1.35. The van der Waals surface area contributed by atoms with Crippen molar-refractivity contribution in [3.8, 4) is 5.88 Å². The molecule has 0 saturated carbocycles. The zero-order chi connectivity index (χ0) is 17.4. The summed E-state index contributed by atoms with van der Waals surface area (Å²) in [7, 11) is 1.74. The molecule has 0 radical (unpaired) electrons. The molecule has 25 heavy (non-hydrogen) atoms. The summed E-state index contributed by atoms with van der Waals surface area (Å²) in [5.74, 6) is 0.197. The van der Waals surface area contributed by atoms with Gasteiger partial charge in [-0.15, -0.1) is 0 Å². The quantitative estimate of drug-likeness (QED) is 0.749. The molecule has 3 aromatic rings. The van der Waals surface area contributed by atoms with Gasteiger partial charge in [0.1, 0.15) is 11.7 Å². The number of hydrogen-bond donors (Lipinski definition) is 1. The Morgan fingerprint density at radius 1 is 1.48 bits per heavy atom. The molecule has 1 fully saturated rings. The van der Waals surface area contributed by atoms with Gasteiger partial charge in [0.15, 0.2) is 5.13 Å². The van der Waals surface area contributed by atoms with Crippen molar-refractivity contribution in [1.29, 1.82) is 0 Å². The van der Waals surface area contributed by atoms with Gasteiger partial charge < -0.3 is 14.5 Å². The predicted octanol–water partition coefficient (Wildman–Crippen LogP) is 3.51. The van der Waals surface area contributed by atoms with E-state index in [2.05, 4.69) is 27.1 Å². The van der Waals surface area contributed by atoms with E-state index in [4.69, 9.17) is 9.15 Å². The SMILES string of the molecule is CNc1nc(F)c(CN2CC(Oc3nccc4occc34)CC2C)s1. The molecule has 3 aromatic heterocycles. The Morgan fingerprint density at radius 3 is 3.16 bits per heavy atom. The molecule has 1 N–H and O–H groups in total. The highest BCUT2D eigenvalue weighted by molar-refractivity contribution is 7.15. The van der Waals surface area contributed by atoms with Crippen LogP contribution in [0, 0.1) is 5.95 Å². The maximum Gasteiger partial charge on any atom is 0.230 e. The number of ether oxygens (including phenoxy) is 1. The zero-order valence-electron chi connectivity index (χ0n) is 14.0. The molecular formula is C17H19FN4O2S. The van der Waals surface area contributed by atoms with Gasteiger partial charge in [-0.3, -0.25) is 4.90 Å². The van der Waals surface area contributed by atoms with E-state index in [1.165, 1.54) is 11.3 Å². The number of rotatable bonds is 5. The number of likely N-dealkylation sites (tertiary alicyclic amines) is 1. The van der Waals surface area contributed by atoms with Crippen molar-refractivity contribution in [2.24, 2.45) is 0 Å². The third-order valence-corrected chi connectivity index (χ3v) is 5.53. The topological polar surface area (TPSA) is 63.4 Å². The van der Waals surface area contributed by atoms with Crippen molar-refractivity contribution in [3.05, 3.63) is 35.4 Å². The van der Waals surface area contributed by atoms with Crippen LogP contribution in [-0.2, 0) is 6.54 Å². The van der Waals surface area contributed by atoms with Gasteiger partial charge in [0.2, 0.25) is 11.8 Å². The van der Waals surface area contributed by atoms with Crippen LogP contribution < -0.4 is 10.1 Å². The van der Waals surface area contributed by atoms with Crippen molar-refractivity contribution < 1.29 is 13.5 Å². The fourth-order valence-corrected chi connectivity index (χ4v) is 4.02. The van der Waals surface area contributed by atoms with E-state index in [1.807, 2.05) is 12.1 Å². The van der Waals surface area contributed by atoms with Gasteiger partial charge in [0.25, 0.3) is 0 Å². The van der Waals surface area contributed by atoms with E-state index >= 15 is 0 Å². The molecule has 132 valence electrons. The number of furan rings is 1. The van der Waals surface area contributed by atoms with Crippen LogP contribution in [0.4, 0.5) is 9.52 Å². The van der Waals surface area contributed by atoms with Crippen LogP contribution in [0.2, 0.25) is 0 Å². The van der Waals surface area contributed by atoms with Crippen LogP contribution in [-0.4, -0.2) is 40.6 Å². The second-order valence-electron chi connectivity index (χ2n) is 6.19. The third-order valence-electron chi connectivity index (χ3n) is 4.50. The highest BCUT2D eigenvalue weighted by Gasteiger charge is 2.32. The molecule has 0 amide bonds. The summed E-state index contributed by atoms with van der Waals surface area (Å²) in [6, 6.07) is 3.98. The zero-order valence-corrected chi connectivity index (χ0v) is 14.8. The van der Waals surface area contributed by atoms with Crippen LogP contribution in [0.5, 0.6) is 5.88 Å². The normalized spacial score (nSPS) is 21.1. The monoisotopic (exact) mass is 362 g/mol. The van der Waals surface area contributed by atoms with Crippen LogP contribution in [0.15, 0.2) is 29.0 Å². The Hall–Kier alpha value is -2.19. The molecule has 0 bridgehead atoms. The fourth-order valence-electron chi connectivity index (χ4n) is 3.19. The first-order chi connectivity index (χ1) is 12.1. The number of fused-ring (bicyclic) bond motifs is 1. The fraction of sp³-hybridized carbons (Fsp3) is 0.412. The minimum atomic E-state index is -0.393. The van der Waals surface area contributed by atoms with Gasteiger partial charge >= 0.3 is 0 Å². The van der Waals surface area contributed by atoms with Gasteiger partial charge in [-0.25, -0.2) is 4.98 Å². The number of pyridine rings is 1. The largest absolute Gasteiger partial charge is 0.472 e. The molecule has 6 nitrogen and oxygen atoms in total. The molecule has 2 atom stereocenters. The molecule has 0 spiro atoms. The lowest BCUT2D eigenvalue weighted by atomic mass is 10.2. The van der Waals surface area contributed by atoms with E-state index < -0.39 is 5.95 Å². The molecule has 2 unspecified atom stereocenters. The first-order valence-corrected chi connectivity index (χ1v) is 9.01. The number of nitrogens with zero attached hydrogens (tertiary/aromatic N) is 3. The number of anilines is 1. The van der Waals surface area contributed by atoms with Gasteiger partial charge in [-0.2, -0.15) is 9.37 Å². The maximum absolute atomic E-state index is 13.9. The van der Waals surface area contributed by atoms with Crippen LogP contribution in [0.3, 0.4) is 0 Å². The predicted molar refractivity (Wildman–Crippen MR) is 94.5 cm³/mol. The standard InChI is InChI=1S/C17H19FN4O2S/c1-10-7-11(24-16-12-4-6-23-13(12)3-5-20-16)8-22(10)9-14-15(18)21-17(19-2)25-14/h3-6,10-11H,7-9H2,1-2H3,(H,19,21). The van der Waals surface area contributed by atoms with Gasteiger partial charge in [-0.1, -0.05) is 11.3 Å². The van der Waals surface area contributed by atoms with Crippen molar-refractivity contribution in [1.82, 2.24) is 14.9 Å². The van der Waals surface area contributed by atoms with Gasteiger partial charge in [-0.05, 0) is 19.1 Å². The number of nitrogens with one attached hydrogen (secondary N) is 1. The van der Waals surface area contributed by atoms with Crippen molar-refractivity contribution >= 4 is 27.4 Å². The van der Waals surface area contributed by atoms with Crippen molar-refractivity contribution in [2.75, 3.05) is 18.9 Å². The van der Waals surface area contributed by atoms with Gasteiger partial charge in [0.05, 0.1) is 16.5 Å². The molecule has 1 saturated heterocycles. The van der Waals surface area contributed by atoms with E-state index in [9.17, 15) is 4.39 Å². The van der Waals surface area contributed by atoms with Gasteiger partial charge in [0, 0.05) is 38.8 Å². The van der Waals surface area contributed by atoms with E-state index in [0.29, 0.717) is 28.5 Å². The van der Waals surface area contributed by atoms with Crippen molar-refractivity contribution in [2.45, 2.75) is 32.0 Å². The van der Waals surface area contributed by atoms with Crippen LogP contribution >= 0.6 is 11.3 Å². The Kier molecular flexibility index (Phi) is 4.30. The summed E-state index contributed by atoms with van der Waals surface area (Å²) in [6.45, 7) is 3.39. The molecule has 4 heterocycles. The molecule has 4 rings (SSSR count). The second kappa shape index (κ2) is 6.61. The summed E-state index contributed by atoms with van der Waals surface area (Å²) in [6.07, 6.45) is 4.20. The molecular weight excluding hydrogens is 343 g/mol. The number of aromatic nitrogens is 2. The van der Waals surface area contributed by atoms with Crippen molar-refractivity contribution in [3.63, 3.8) is 0 Å². The van der Waals surface area contributed by atoms with Crippen LogP contribution in [0.25, 0.3) is 11.0 Å². The first kappa shape index (κ1) is 16.3. The maximum atomic E-state index is 13.9. The van der Waals surface area contributed by atoms with E-state index in [-0.39, 0.29) is 6.10 Å². The lowest BCUT2D eigenvalue weighted by Crippen LogP contribution is -2.28. The summed E-state index contributed by atoms with van der Waals surface area (Å²) in [5.41, 5.74) is 0.763. The molecule has 0 aliphatic carbocycles. The molecule has 1 aliphatic rings. The third kappa shape index (κ3) is 3.19. The lowest BCUT2D eigenvalue weighted by Gasteiger charge is -2.19. The minimum absolute atomic E-state index is 0.0164. The average Bonchev–Trinajstić information content (AvgIpc) is 3.29. The Balaban J connectivity index is 1.46. The number of halogens is 1. The minimum Gasteiger partial charge on any atom is -0.472 e. The number of thiazole rings is 1. The smallest absolute Gasteiger partial charge is 0.230 e. The lowest BCUT2D eigenvalue weighted by molar-refractivity contribution is 0.190. The first-order valence-electron chi connectivity index (χ1n) is 8.20. The van der Waals surface area contributed by atoms with Crippen LogP contribution in [0.1, 0.15) is 18.2 Å². The summed E-state index contributed by atoms with van der Waals surface area (Å²) < 4.78 is 25.4. The van der Waals surface area contributed by atoms with E-state index in [1.54, 1.807) is 19.5 Å². The Labute approximate surface area is 148 Å². The average molecular weight is 362 g/mol. The highest BCUT2D eigenvalue weighted by Crippen LogP contribution is 2.30. The molecule has 8 heteroatoms.